The smallest absolute Gasteiger partial charge is 0.336 e. The molecule has 0 aliphatic heterocycles. The quantitative estimate of drug-likeness (QED) is 0.349. The minimum absolute atomic E-state index is 0.232. The molecule has 4 rings (SSSR count). The molecule has 4 N–H and O–H groups in total. The second kappa shape index (κ2) is 10.3. The molecule has 0 aliphatic rings. The predicted molar refractivity (Wildman–Crippen MR) is 129 cm³/mol. The first-order valence-electron chi connectivity index (χ1n) is 9.66. The molecule has 3 aromatic carbocycles. The summed E-state index contributed by atoms with van der Waals surface area (Å²) in [6.07, 6.45) is 1.77. The monoisotopic (exact) mass is 533 g/mol. The lowest BCUT2D eigenvalue weighted by atomic mass is 10.1. The van der Waals surface area contributed by atoms with E-state index in [9.17, 15) is 22.7 Å². The number of nitrogens with one attached hydrogen (secondary N) is 1. The van der Waals surface area contributed by atoms with Crippen LogP contribution in [0.4, 0.5) is 4.39 Å². The summed E-state index contributed by atoms with van der Waals surface area (Å²) in [5, 5.41) is 14.7. The van der Waals surface area contributed by atoms with Gasteiger partial charge in [0.15, 0.2) is 0 Å². The van der Waals surface area contributed by atoms with Crippen LogP contribution in [0.15, 0.2) is 77.4 Å². The van der Waals surface area contributed by atoms with E-state index in [1.807, 2.05) is 41.8 Å². The molecule has 0 fully saturated rings. The van der Waals surface area contributed by atoms with Gasteiger partial charge in [0.25, 0.3) is 10.2 Å². The van der Waals surface area contributed by atoms with Crippen molar-refractivity contribution in [2.24, 2.45) is 5.14 Å². The van der Waals surface area contributed by atoms with Crippen LogP contribution in [0, 0.1) is 12.7 Å². The molecule has 7 nitrogen and oxygen atoms in total. The zero-order chi connectivity index (χ0) is 24.2. The SMILES string of the molecule is Cc1ccc(CNS(N)(=O)=O)cc1.O=C(O)c1cc(Br)cc2c1ccn2-c1ccc(F)cc1. The van der Waals surface area contributed by atoms with Crippen LogP contribution in [0.2, 0.25) is 0 Å². The highest BCUT2D eigenvalue weighted by Gasteiger charge is 2.13. The summed E-state index contributed by atoms with van der Waals surface area (Å²) in [7, 11) is -3.58. The number of nitrogens with zero attached hydrogens (tertiary/aromatic N) is 1. The molecule has 4 aromatic rings. The third kappa shape index (κ3) is 6.72. The molecule has 1 aromatic heterocycles. The molecule has 0 aliphatic carbocycles. The van der Waals surface area contributed by atoms with Crippen molar-refractivity contribution in [3.8, 4) is 5.69 Å². The predicted octanol–water partition coefficient (Wildman–Crippen LogP) is 4.52. The Morgan fingerprint density at radius 1 is 1.09 bits per heavy atom. The van der Waals surface area contributed by atoms with Gasteiger partial charge in [0, 0.05) is 28.3 Å². The molecule has 0 saturated carbocycles. The highest BCUT2D eigenvalue weighted by atomic mass is 79.9. The number of aromatic carboxylic acids is 1. The van der Waals surface area contributed by atoms with Crippen LogP contribution in [-0.4, -0.2) is 24.1 Å². The van der Waals surface area contributed by atoms with Crippen LogP contribution in [0.1, 0.15) is 21.5 Å². The van der Waals surface area contributed by atoms with Crippen LogP contribution in [0.3, 0.4) is 0 Å². The fourth-order valence-electron chi connectivity index (χ4n) is 3.10. The number of hydrogen-bond donors (Lipinski definition) is 3. The van der Waals surface area contributed by atoms with E-state index in [1.54, 1.807) is 30.5 Å². The van der Waals surface area contributed by atoms with Gasteiger partial charge in [-0.05, 0) is 55.0 Å². The molecular formula is C23H21BrFN3O4S. The number of benzene rings is 3. The molecular weight excluding hydrogens is 513 g/mol. The Kier molecular flexibility index (Phi) is 7.65. The number of rotatable bonds is 5. The summed E-state index contributed by atoms with van der Waals surface area (Å²) in [6.45, 7) is 2.20. The fourth-order valence-corrected chi connectivity index (χ4v) is 3.91. The standard InChI is InChI=1S/C15H9BrFNO2.C8H12N2O2S/c16-9-7-13(15(19)20)12-5-6-18(14(12)8-9)11-3-1-10(17)2-4-11;1-7-2-4-8(5-3-7)6-10-13(9,11)12/h1-8H,(H,19,20);2-5,10H,6H2,1H3,(H2,9,11,12). The van der Waals surface area contributed by atoms with Crippen molar-refractivity contribution in [3.63, 3.8) is 0 Å². The zero-order valence-electron chi connectivity index (χ0n) is 17.5. The Hall–Kier alpha value is -3.05. The van der Waals surface area contributed by atoms with E-state index in [2.05, 4.69) is 20.7 Å². The lowest BCUT2D eigenvalue weighted by molar-refractivity contribution is 0.0699. The third-order valence-electron chi connectivity index (χ3n) is 4.71. The first-order chi connectivity index (χ1) is 15.5. The van der Waals surface area contributed by atoms with Crippen molar-refractivity contribution in [3.05, 3.63) is 99.9 Å². The van der Waals surface area contributed by atoms with E-state index < -0.39 is 16.2 Å². The van der Waals surface area contributed by atoms with Gasteiger partial charge in [0.2, 0.25) is 0 Å². The molecule has 172 valence electrons. The number of carboxylic acids is 1. The van der Waals surface area contributed by atoms with E-state index in [0.717, 1.165) is 22.3 Å². The van der Waals surface area contributed by atoms with Crippen LogP contribution in [-0.2, 0) is 16.8 Å². The number of carbonyl (C=O) groups is 1. The number of hydrogen-bond acceptors (Lipinski definition) is 3. The Bertz CT molecular complexity index is 1390. The maximum Gasteiger partial charge on any atom is 0.336 e. The van der Waals surface area contributed by atoms with Gasteiger partial charge in [-0.1, -0.05) is 45.8 Å². The van der Waals surface area contributed by atoms with E-state index in [-0.39, 0.29) is 17.9 Å². The first-order valence-corrected chi connectivity index (χ1v) is 12.0. The largest absolute Gasteiger partial charge is 0.478 e. The average Bonchev–Trinajstić information content (AvgIpc) is 3.17. The van der Waals surface area contributed by atoms with Crippen molar-refractivity contribution >= 4 is 43.0 Å². The van der Waals surface area contributed by atoms with Crippen molar-refractivity contribution < 1.29 is 22.7 Å². The van der Waals surface area contributed by atoms with Gasteiger partial charge in [-0.15, -0.1) is 0 Å². The van der Waals surface area contributed by atoms with Gasteiger partial charge in [-0.25, -0.2) is 14.3 Å². The highest BCUT2D eigenvalue weighted by molar-refractivity contribution is 9.10. The molecule has 0 saturated heterocycles. The normalized spacial score (nSPS) is 11.2. The van der Waals surface area contributed by atoms with Gasteiger partial charge in [0.05, 0.1) is 11.1 Å². The number of fused-ring (bicyclic) bond motifs is 1. The number of nitrogens with two attached hydrogens (primary N) is 1. The molecule has 0 radical (unpaired) electrons. The molecule has 0 atom stereocenters. The van der Waals surface area contributed by atoms with Gasteiger partial charge in [-0.2, -0.15) is 13.1 Å². The van der Waals surface area contributed by atoms with Crippen LogP contribution < -0.4 is 9.86 Å². The molecule has 0 unspecified atom stereocenters. The Morgan fingerprint density at radius 3 is 2.30 bits per heavy atom. The average molecular weight is 534 g/mol. The van der Waals surface area contributed by atoms with Crippen molar-refractivity contribution in [2.45, 2.75) is 13.5 Å². The van der Waals surface area contributed by atoms with E-state index in [4.69, 9.17) is 5.14 Å². The lowest BCUT2D eigenvalue weighted by Crippen LogP contribution is -2.30. The number of carboxylic acid groups (broad SMARTS) is 1. The summed E-state index contributed by atoms with van der Waals surface area (Å²) in [4.78, 5) is 11.3. The molecule has 0 amide bonds. The lowest BCUT2D eigenvalue weighted by Gasteiger charge is -2.07. The number of aryl methyl sites for hydroxylation is 1. The van der Waals surface area contributed by atoms with Crippen molar-refractivity contribution in [2.75, 3.05) is 0 Å². The summed E-state index contributed by atoms with van der Waals surface area (Å²) in [5.41, 5.74) is 3.79. The maximum atomic E-state index is 13.0. The van der Waals surface area contributed by atoms with Gasteiger partial charge in [-0.3, -0.25) is 0 Å². The Balaban J connectivity index is 0.000000205. The second-order valence-corrected chi connectivity index (χ2v) is 9.50. The summed E-state index contributed by atoms with van der Waals surface area (Å²) in [5.74, 6) is -1.29. The molecule has 1 heterocycles. The van der Waals surface area contributed by atoms with Gasteiger partial charge in [0.1, 0.15) is 5.82 Å². The molecule has 33 heavy (non-hydrogen) atoms. The van der Waals surface area contributed by atoms with Crippen LogP contribution >= 0.6 is 15.9 Å². The Labute approximate surface area is 199 Å². The van der Waals surface area contributed by atoms with Crippen LogP contribution in [0.25, 0.3) is 16.6 Å². The van der Waals surface area contributed by atoms with Gasteiger partial charge < -0.3 is 9.67 Å². The van der Waals surface area contributed by atoms with Crippen molar-refractivity contribution in [1.29, 1.82) is 0 Å². The number of aromatic nitrogens is 1. The number of halogens is 2. The third-order valence-corrected chi connectivity index (χ3v) is 5.71. The molecule has 0 bridgehead atoms. The van der Waals surface area contributed by atoms with Crippen LogP contribution in [0.5, 0.6) is 0 Å². The fraction of sp³-hybridized carbons (Fsp3) is 0.0870. The van der Waals surface area contributed by atoms with E-state index in [0.29, 0.717) is 9.86 Å². The summed E-state index contributed by atoms with van der Waals surface area (Å²) < 4.78 is 38.8. The summed E-state index contributed by atoms with van der Waals surface area (Å²) in [6, 6.07) is 18.7. The minimum Gasteiger partial charge on any atom is -0.478 e. The molecule has 0 spiro atoms. The zero-order valence-corrected chi connectivity index (χ0v) is 19.9. The Morgan fingerprint density at radius 2 is 1.73 bits per heavy atom. The maximum absolute atomic E-state index is 13.0. The molecule has 10 heteroatoms. The first kappa shape index (κ1) is 24.6. The topological polar surface area (TPSA) is 114 Å². The minimum atomic E-state index is -3.58. The van der Waals surface area contributed by atoms with Crippen molar-refractivity contribution in [1.82, 2.24) is 9.29 Å². The van der Waals surface area contributed by atoms with E-state index >= 15 is 0 Å². The van der Waals surface area contributed by atoms with E-state index in [1.165, 1.54) is 12.1 Å². The second-order valence-electron chi connectivity index (χ2n) is 7.21. The van der Waals surface area contributed by atoms with Gasteiger partial charge >= 0.3 is 5.97 Å². The highest BCUT2D eigenvalue weighted by Crippen LogP contribution is 2.28. The summed E-state index contributed by atoms with van der Waals surface area (Å²) >= 11 is 3.32.